The minimum Gasteiger partial charge on any atom is -0.381 e. The molecule has 98 valence electrons. The van der Waals surface area contributed by atoms with E-state index in [1.807, 2.05) is 4.90 Å². The van der Waals surface area contributed by atoms with Crippen LogP contribution in [0.5, 0.6) is 0 Å². The fourth-order valence-electron chi connectivity index (χ4n) is 2.71. The summed E-state index contributed by atoms with van der Waals surface area (Å²) in [4.78, 5) is 14.2. The molecule has 1 amide bonds. The fourth-order valence-corrected chi connectivity index (χ4v) is 2.71. The first-order valence-corrected chi connectivity index (χ1v) is 6.62. The zero-order valence-corrected chi connectivity index (χ0v) is 11.2. The summed E-state index contributed by atoms with van der Waals surface area (Å²) in [6.45, 7) is 9.69. The largest absolute Gasteiger partial charge is 0.381 e. The van der Waals surface area contributed by atoms with Crippen LogP contribution in [-0.4, -0.2) is 43.3 Å². The first kappa shape index (κ1) is 12.8. The van der Waals surface area contributed by atoms with Crippen molar-refractivity contribution in [2.75, 3.05) is 26.4 Å². The van der Waals surface area contributed by atoms with E-state index in [4.69, 9.17) is 4.74 Å². The summed E-state index contributed by atoms with van der Waals surface area (Å²) in [7, 11) is 0. The molecule has 1 atom stereocenters. The highest BCUT2D eigenvalue weighted by Gasteiger charge is 2.38. The molecule has 1 unspecified atom stereocenters. The van der Waals surface area contributed by atoms with Crippen molar-refractivity contribution in [2.45, 2.75) is 39.7 Å². The molecule has 2 fully saturated rings. The first-order chi connectivity index (χ1) is 8.02. The Balaban J connectivity index is 1.93. The molecule has 0 spiro atoms. The number of carbonyl (C=O) groups excluding carboxylic acids is 1. The lowest BCUT2D eigenvalue weighted by Crippen LogP contribution is -2.42. The summed E-state index contributed by atoms with van der Waals surface area (Å²) in [5.41, 5.74) is 0.238. The van der Waals surface area contributed by atoms with Crippen LogP contribution in [-0.2, 0) is 9.53 Å². The van der Waals surface area contributed by atoms with E-state index in [-0.39, 0.29) is 17.4 Å². The van der Waals surface area contributed by atoms with Crippen molar-refractivity contribution in [1.29, 1.82) is 0 Å². The van der Waals surface area contributed by atoms with Crippen molar-refractivity contribution < 1.29 is 9.53 Å². The van der Waals surface area contributed by atoms with Crippen molar-refractivity contribution in [3.63, 3.8) is 0 Å². The highest BCUT2D eigenvalue weighted by Crippen LogP contribution is 2.31. The number of carbonyl (C=O) groups is 1. The molecule has 4 heteroatoms. The van der Waals surface area contributed by atoms with Crippen LogP contribution in [0.15, 0.2) is 0 Å². The Morgan fingerprint density at radius 1 is 1.47 bits per heavy atom. The standard InChI is InChI=1S/C13H24N2O2/c1-10(2)11-12(16)15(9-14-11)8-13(3)4-6-17-7-5-13/h10-11,14H,4-9H2,1-3H3. The van der Waals surface area contributed by atoms with Gasteiger partial charge in [0.1, 0.15) is 0 Å². The van der Waals surface area contributed by atoms with Crippen LogP contribution < -0.4 is 5.32 Å². The highest BCUT2D eigenvalue weighted by atomic mass is 16.5. The summed E-state index contributed by atoms with van der Waals surface area (Å²) in [5, 5.41) is 3.31. The van der Waals surface area contributed by atoms with Gasteiger partial charge < -0.3 is 9.64 Å². The van der Waals surface area contributed by atoms with Gasteiger partial charge in [0.05, 0.1) is 12.7 Å². The Kier molecular flexibility index (Phi) is 3.73. The van der Waals surface area contributed by atoms with Gasteiger partial charge in [-0.3, -0.25) is 10.1 Å². The second kappa shape index (κ2) is 4.94. The van der Waals surface area contributed by atoms with Crippen molar-refractivity contribution in [3.8, 4) is 0 Å². The lowest BCUT2D eigenvalue weighted by Gasteiger charge is -2.36. The number of rotatable bonds is 3. The zero-order valence-electron chi connectivity index (χ0n) is 11.2. The molecule has 2 rings (SSSR count). The first-order valence-electron chi connectivity index (χ1n) is 6.62. The van der Waals surface area contributed by atoms with E-state index in [2.05, 4.69) is 26.1 Å². The lowest BCUT2D eigenvalue weighted by molar-refractivity contribution is -0.131. The molecule has 0 bridgehead atoms. The molecule has 2 aliphatic heterocycles. The van der Waals surface area contributed by atoms with Crippen LogP contribution in [0.2, 0.25) is 0 Å². The highest BCUT2D eigenvalue weighted by molar-refractivity contribution is 5.84. The van der Waals surface area contributed by atoms with Crippen LogP contribution >= 0.6 is 0 Å². The Hall–Kier alpha value is -0.610. The lowest BCUT2D eigenvalue weighted by atomic mass is 9.82. The number of nitrogens with one attached hydrogen (secondary N) is 1. The molecule has 0 radical (unpaired) electrons. The Bertz CT molecular complexity index is 285. The minimum atomic E-state index is 0.0124. The van der Waals surface area contributed by atoms with Crippen LogP contribution in [0.4, 0.5) is 0 Å². The van der Waals surface area contributed by atoms with E-state index in [1.54, 1.807) is 0 Å². The van der Waals surface area contributed by atoms with E-state index in [1.165, 1.54) is 0 Å². The van der Waals surface area contributed by atoms with Gasteiger partial charge >= 0.3 is 0 Å². The second-order valence-corrected chi connectivity index (χ2v) is 6.04. The summed E-state index contributed by atoms with van der Waals surface area (Å²) < 4.78 is 5.40. The van der Waals surface area contributed by atoms with Gasteiger partial charge in [-0.1, -0.05) is 20.8 Å². The van der Waals surface area contributed by atoms with Gasteiger partial charge in [-0.15, -0.1) is 0 Å². The van der Waals surface area contributed by atoms with E-state index in [0.29, 0.717) is 12.6 Å². The van der Waals surface area contributed by atoms with E-state index >= 15 is 0 Å². The molecule has 0 saturated carbocycles. The smallest absolute Gasteiger partial charge is 0.241 e. The number of hydrogen-bond acceptors (Lipinski definition) is 3. The third-order valence-electron chi connectivity index (χ3n) is 4.02. The maximum atomic E-state index is 12.2. The predicted molar refractivity (Wildman–Crippen MR) is 66.5 cm³/mol. The molecule has 2 aliphatic rings. The number of amides is 1. The van der Waals surface area contributed by atoms with Gasteiger partial charge in [0.25, 0.3) is 0 Å². The van der Waals surface area contributed by atoms with Crippen molar-refractivity contribution in [3.05, 3.63) is 0 Å². The van der Waals surface area contributed by atoms with Gasteiger partial charge in [-0.05, 0) is 24.2 Å². The average Bonchev–Trinajstić information content (AvgIpc) is 2.61. The number of ether oxygens (including phenoxy) is 1. The molecule has 0 aromatic heterocycles. The molecule has 2 heterocycles. The van der Waals surface area contributed by atoms with E-state index in [0.717, 1.165) is 32.6 Å². The Morgan fingerprint density at radius 3 is 2.65 bits per heavy atom. The Morgan fingerprint density at radius 2 is 2.12 bits per heavy atom. The van der Waals surface area contributed by atoms with Gasteiger partial charge in [-0.2, -0.15) is 0 Å². The van der Waals surface area contributed by atoms with Crippen LogP contribution in [0.3, 0.4) is 0 Å². The molecule has 1 N–H and O–H groups in total. The normalized spacial score (nSPS) is 29.1. The van der Waals surface area contributed by atoms with Crippen molar-refractivity contribution in [2.24, 2.45) is 11.3 Å². The van der Waals surface area contributed by atoms with E-state index < -0.39 is 0 Å². The third kappa shape index (κ3) is 2.80. The molecule has 0 aromatic carbocycles. The number of hydrogen-bond donors (Lipinski definition) is 1. The Labute approximate surface area is 104 Å². The monoisotopic (exact) mass is 240 g/mol. The molecule has 0 aromatic rings. The topological polar surface area (TPSA) is 41.6 Å². The van der Waals surface area contributed by atoms with Gasteiger partial charge in [-0.25, -0.2) is 0 Å². The zero-order chi connectivity index (χ0) is 12.5. The molecular formula is C13H24N2O2. The maximum absolute atomic E-state index is 12.2. The summed E-state index contributed by atoms with van der Waals surface area (Å²) in [6.07, 6.45) is 2.12. The van der Waals surface area contributed by atoms with Gasteiger partial charge in [0.15, 0.2) is 0 Å². The van der Waals surface area contributed by atoms with Crippen molar-refractivity contribution >= 4 is 5.91 Å². The predicted octanol–water partition coefficient (Wildman–Crippen LogP) is 1.22. The fraction of sp³-hybridized carbons (Fsp3) is 0.923. The molecular weight excluding hydrogens is 216 g/mol. The quantitative estimate of drug-likeness (QED) is 0.806. The molecule has 4 nitrogen and oxygen atoms in total. The average molecular weight is 240 g/mol. The van der Waals surface area contributed by atoms with Crippen LogP contribution in [0, 0.1) is 11.3 Å². The summed E-state index contributed by atoms with van der Waals surface area (Å²) in [6, 6.07) is 0.0124. The summed E-state index contributed by atoms with van der Waals surface area (Å²) in [5.74, 6) is 0.641. The molecule has 2 saturated heterocycles. The van der Waals surface area contributed by atoms with Crippen LogP contribution in [0.1, 0.15) is 33.6 Å². The molecule has 17 heavy (non-hydrogen) atoms. The number of nitrogens with zero attached hydrogens (tertiary/aromatic N) is 1. The van der Waals surface area contributed by atoms with Crippen LogP contribution in [0.25, 0.3) is 0 Å². The van der Waals surface area contributed by atoms with Gasteiger partial charge in [0.2, 0.25) is 5.91 Å². The second-order valence-electron chi connectivity index (χ2n) is 6.04. The molecule has 0 aliphatic carbocycles. The van der Waals surface area contributed by atoms with E-state index in [9.17, 15) is 4.79 Å². The van der Waals surface area contributed by atoms with Crippen molar-refractivity contribution in [1.82, 2.24) is 10.2 Å². The minimum absolute atomic E-state index is 0.0124. The maximum Gasteiger partial charge on any atom is 0.241 e. The third-order valence-corrected chi connectivity index (χ3v) is 4.02. The SMILES string of the molecule is CC(C)C1NCN(CC2(C)CCOCC2)C1=O. The summed E-state index contributed by atoms with van der Waals surface area (Å²) >= 11 is 0. The van der Waals surface area contributed by atoms with Gasteiger partial charge in [0, 0.05) is 19.8 Å².